The molecule has 0 aliphatic rings. The van der Waals surface area contributed by atoms with Crippen LogP contribution >= 0.6 is 15.9 Å². The lowest BCUT2D eigenvalue weighted by atomic mass is 10.3. The molecule has 0 radical (unpaired) electrons. The van der Waals surface area contributed by atoms with Crippen LogP contribution in [0, 0.1) is 0 Å². The van der Waals surface area contributed by atoms with Gasteiger partial charge in [0.05, 0.1) is 10.9 Å². The molecule has 8 heteroatoms. The monoisotopic (exact) mass is 363 g/mol. The molecule has 0 bridgehead atoms. The molecule has 1 unspecified atom stereocenters. The van der Waals surface area contributed by atoms with E-state index in [0.29, 0.717) is 16.7 Å². The highest BCUT2D eigenvalue weighted by atomic mass is 79.9. The summed E-state index contributed by atoms with van der Waals surface area (Å²) in [6.45, 7) is 3.83. The number of anilines is 1. The molecular weight excluding hydrogens is 346 g/mol. The van der Waals surface area contributed by atoms with Crippen LogP contribution in [0.2, 0.25) is 0 Å². The van der Waals surface area contributed by atoms with E-state index in [2.05, 4.69) is 20.7 Å². The van der Waals surface area contributed by atoms with Crippen molar-refractivity contribution in [3.05, 3.63) is 22.7 Å². The molecule has 1 amide bonds. The molecule has 1 aromatic rings. The molecule has 1 rings (SSSR count). The number of hydrogen-bond donors (Lipinski definition) is 2. The van der Waals surface area contributed by atoms with E-state index in [0.717, 1.165) is 0 Å². The quantitative estimate of drug-likeness (QED) is 0.768. The van der Waals surface area contributed by atoms with Crippen LogP contribution in [0.25, 0.3) is 0 Å². The van der Waals surface area contributed by atoms with E-state index in [1.807, 2.05) is 6.92 Å². The van der Waals surface area contributed by atoms with Gasteiger partial charge < -0.3 is 10.6 Å². The van der Waals surface area contributed by atoms with Crippen molar-refractivity contribution in [2.45, 2.75) is 24.8 Å². The van der Waals surface area contributed by atoms with Crippen LogP contribution in [0.4, 0.5) is 5.69 Å². The summed E-state index contributed by atoms with van der Waals surface area (Å²) in [5, 5.41) is 0. The molecular formula is C12H18BrN3O3S. The minimum Gasteiger partial charge on any atom is -0.398 e. The van der Waals surface area contributed by atoms with Gasteiger partial charge in [-0.1, -0.05) is 0 Å². The van der Waals surface area contributed by atoms with Crippen molar-refractivity contribution in [2.24, 2.45) is 0 Å². The molecule has 3 N–H and O–H groups in total. The summed E-state index contributed by atoms with van der Waals surface area (Å²) in [4.78, 5) is 13.3. The lowest BCUT2D eigenvalue weighted by Crippen LogP contribution is -2.45. The zero-order chi connectivity index (χ0) is 15.5. The van der Waals surface area contributed by atoms with Gasteiger partial charge in [-0.2, -0.15) is 4.72 Å². The van der Waals surface area contributed by atoms with Gasteiger partial charge in [-0.15, -0.1) is 0 Å². The fourth-order valence-electron chi connectivity index (χ4n) is 1.53. The number of nitrogen functional groups attached to an aromatic ring is 1. The Morgan fingerprint density at radius 1 is 1.50 bits per heavy atom. The summed E-state index contributed by atoms with van der Waals surface area (Å²) in [5.41, 5.74) is 5.98. The zero-order valence-corrected chi connectivity index (χ0v) is 14.0. The van der Waals surface area contributed by atoms with E-state index in [-0.39, 0.29) is 10.8 Å². The number of sulfonamides is 1. The number of likely N-dealkylation sites (N-methyl/N-ethyl adjacent to an activating group) is 1. The van der Waals surface area contributed by atoms with E-state index >= 15 is 0 Å². The fourth-order valence-corrected chi connectivity index (χ4v) is 3.00. The highest BCUT2D eigenvalue weighted by Gasteiger charge is 2.24. The maximum Gasteiger partial charge on any atom is 0.241 e. The summed E-state index contributed by atoms with van der Waals surface area (Å²) in [6.07, 6.45) is 0. The Balaban J connectivity index is 2.95. The number of nitrogens with two attached hydrogens (primary N) is 1. The molecule has 0 heterocycles. The standard InChI is InChI=1S/C12H18BrN3O3S/c1-4-16(3)12(17)8(2)15-20(18,19)9-5-6-10(13)11(14)7-9/h5-8,15H,4,14H2,1-3H3. The van der Waals surface area contributed by atoms with Gasteiger partial charge in [0.25, 0.3) is 0 Å². The Morgan fingerprint density at radius 3 is 2.60 bits per heavy atom. The average Bonchev–Trinajstić information content (AvgIpc) is 2.39. The summed E-state index contributed by atoms with van der Waals surface area (Å²) in [7, 11) is -2.17. The first-order valence-electron chi connectivity index (χ1n) is 6.01. The van der Waals surface area contributed by atoms with Gasteiger partial charge in [0.1, 0.15) is 0 Å². The second-order valence-electron chi connectivity index (χ2n) is 4.38. The fraction of sp³-hybridized carbons (Fsp3) is 0.417. The first kappa shape index (κ1) is 16.9. The molecule has 112 valence electrons. The van der Waals surface area contributed by atoms with Crippen molar-refractivity contribution in [1.82, 2.24) is 9.62 Å². The van der Waals surface area contributed by atoms with Crippen molar-refractivity contribution in [3.63, 3.8) is 0 Å². The number of rotatable bonds is 5. The summed E-state index contributed by atoms with van der Waals surface area (Å²) in [6, 6.07) is 3.47. The number of hydrogen-bond acceptors (Lipinski definition) is 4. The van der Waals surface area contributed by atoms with Gasteiger partial charge >= 0.3 is 0 Å². The first-order valence-corrected chi connectivity index (χ1v) is 8.29. The molecule has 0 spiro atoms. The van der Waals surface area contributed by atoms with E-state index in [1.165, 1.54) is 24.0 Å². The minimum absolute atomic E-state index is 0.0250. The zero-order valence-electron chi connectivity index (χ0n) is 11.6. The first-order chi connectivity index (χ1) is 9.19. The molecule has 6 nitrogen and oxygen atoms in total. The molecule has 1 aromatic carbocycles. The third kappa shape index (κ3) is 3.94. The van der Waals surface area contributed by atoms with Crippen molar-refractivity contribution < 1.29 is 13.2 Å². The molecule has 0 aromatic heterocycles. The Bertz CT molecular complexity index is 604. The maximum atomic E-state index is 12.2. The number of nitrogens with zero attached hydrogens (tertiary/aromatic N) is 1. The number of benzene rings is 1. The normalized spacial score (nSPS) is 13.0. The Morgan fingerprint density at radius 2 is 2.10 bits per heavy atom. The van der Waals surface area contributed by atoms with E-state index in [1.54, 1.807) is 13.1 Å². The highest BCUT2D eigenvalue weighted by molar-refractivity contribution is 9.10. The number of nitrogens with one attached hydrogen (secondary N) is 1. The molecule has 0 aliphatic heterocycles. The predicted octanol–water partition coefficient (Wildman–Crippen LogP) is 1.18. The van der Waals surface area contributed by atoms with Crippen molar-refractivity contribution in [2.75, 3.05) is 19.3 Å². The molecule has 0 saturated heterocycles. The predicted molar refractivity (Wildman–Crippen MR) is 81.6 cm³/mol. The number of carbonyl (C=O) groups is 1. The van der Waals surface area contributed by atoms with Crippen LogP contribution in [-0.4, -0.2) is 38.9 Å². The Labute approximate surface area is 127 Å². The molecule has 0 fully saturated rings. The van der Waals surface area contributed by atoms with Gasteiger partial charge in [0.2, 0.25) is 15.9 Å². The van der Waals surface area contributed by atoms with Crippen LogP contribution in [0.15, 0.2) is 27.6 Å². The lowest BCUT2D eigenvalue weighted by Gasteiger charge is -2.20. The van der Waals surface area contributed by atoms with Gasteiger partial charge in [-0.25, -0.2) is 8.42 Å². The molecule has 1 atom stereocenters. The third-order valence-electron chi connectivity index (χ3n) is 2.83. The topological polar surface area (TPSA) is 92.5 Å². The van der Waals surface area contributed by atoms with Gasteiger partial charge in [-0.3, -0.25) is 4.79 Å². The average molecular weight is 364 g/mol. The second-order valence-corrected chi connectivity index (χ2v) is 6.95. The van der Waals surface area contributed by atoms with Crippen LogP contribution in [-0.2, 0) is 14.8 Å². The Hall–Kier alpha value is -1.12. The molecule has 0 aliphatic carbocycles. The lowest BCUT2D eigenvalue weighted by molar-refractivity contribution is -0.131. The minimum atomic E-state index is -3.78. The van der Waals surface area contributed by atoms with Gasteiger partial charge in [0, 0.05) is 23.8 Å². The summed E-state index contributed by atoms with van der Waals surface area (Å²) in [5.74, 6) is -0.291. The number of halogens is 1. The Kier molecular flexibility index (Phi) is 5.55. The SMILES string of the molecule is CCN(C)C(=O)C(C)NS(=O)(=O)c1ccc(Br)c(N)c1. The third-order valence-corrected chi connectivity index (χ3v) is 5.09. The summed E-state index contributed by atoms with van der Waals surface area (Å²) >= 11 is 3.20. The van der Waals surface area contributed by atoms with E-state index in [4.69, 9.17) is 5.73 Å². The smallest absolute Gasteiger partial charge is 0.241 e. The van der Waals surface area contributed by atoms with Crippen molar-refractivity contribution in [1.29, 1.82) is 0 Å². The largest absolute Gasteiger partial charge is 0.398 e. The van der Waals surface area contributed by atoms with Gasteiger partial charge in [0.15, 0.2) is 0 Å². The van der Waals surface area contributed by atoms with E-state index < -0.39 is 16.1 Å². The molecule has 20 heavy (non-hydrogen) atoms. The van der Waals surface area contributed by atoms with Crippen LogP contribution < -0.4 is 10.5 Å². The van der Waals surface area contributed by atoms with Gasteiger partial charge in [-0.05, 0) is 48.0 Å². The molecule has 0 saturated carbocycles. The van der Waals surface area contributed by atoms with Crippen LogP contribution in [0.1, 0.15) is 13.8 Å². The highest BCUT2D eigenvalue weighted by Crippen LogP contribution is 2.22. The maximum absolute atomic E-state index is 12.2. The van der Waals surface area contributed by atoms with Crippen molar-refractivity contribution in [3.8, 4) is 0 Å². The van der Waals surface area contributed by atoms with Crippen LogP contribution in [0.5, 0.6) is 0 Å². The van der Waals surface area contributed by atoms with Crippen molar-refractivity contribution >= 4 is 37.5 Å². The van der Waals surface area contributed by atoms with E-state index in [9.17, 15) is 13.2 Å². The van der Waals surface area contributed by atoms with Crippen LogP contribution in [0.3, 0.4) is 0 Å². The second kappa shape index (κ2) is 6.55. The summed E-state index contributed by atoms with van der Waals surface area (Å²) < 4.78 is 27.3. The number of carbonyl (C=O) groups excluding carboxylic acids is 1. The number of amides is 1.